The van der Waals surface area contributed by atoms with Crippen LogP contribution in [-0.4, -0.2) is 51.3 Å². The van der Waals surface area contributed by atoms with Gasteiger partial charge >= 0.3 is 0 Å². The van der Waals surface area contributed by atoms with Crippen LogP contribution >= 0.6 is 0 Å². The SMILES string of the molecule is Cc1cccc(OCC(O)CNCCCS(C)(=O)=O)c1. The van der Waals surface area contributed by atoms with Crippen LogP contribution in [0.2, 0.25) is 0 Å². The maximum absolute atomic E-state index is 10.9. The molecule has 1 atom stereocenters. The minimum Gasteiger partial charge on any atom is -0.491 e. The minimum atomic E-state index is -2.90. The van der Waals surface area contributed by atoms with Crippen LogP contribution in [0.25, 0.3) is 0 Å². The number of aliphatic hydroxyl groups excluding tert-OH is 1. The molecular formula is C14H23NO4S. The quantitative estimate of drug-likeness (QED) is 0.659. The number of nitrogens with one attached hydrogen (secondary N) is 1. The van der Waals surface area contributed by atoms with E-state index in [1.54, 1.807) is 0 Å². The number of hydrogen-bond donors (Lipinski definition) is 2. The van der Waals surface area contributed by atoms with Crippen molar-refractivity contribution in [2.24, 2.45) is 0 Å². The fourth-order valence-electron chi connectivity index (χ4n) is 1.68. The molecular weight excluding hydrogens is 278 g/mol. The Morgan fingerprint density at radius 3 is 2.80 bits per heavy atom. The van der Waals surface area contributed by atoms with Gasteiger partial charge in [0.25, 0.3) is 0 Å². The molecule has 0 saturated heterocycles. The molecule has 1 aromatic rings. The van der Waals surface area contributed by atoms with E-state index in [1.807, 2.05) is 31.2 Å². The molecule has 0 amide bonds. The number of aryl methyl sites for hydroxylation is 1. The van der Waals surface area contributed by atoms with Crippen molar-refractivity contribution in [3.8, 4) is 5.75 Å². The van der Waals surface area contributed by atoms with Gasteiger partial charge in [-0.05, 0) is 37.6 Å². The molecule has 5 nitrogen and oxygen atoms in total. The minimum absolute atomic E-state index is 0.163. The molecule has 1 rings (SSSR count). The van der Waals surface area contributed by atoms with E-state index in [9.17, 15) is 13.5 Å². The van der Waals surface area contributed by atoms with Gasteiger partial charge in [0.15, 0.2) is 0 Å². The van der Waals surface area contributed by atoms with Crippen LogP contribution in [0.4, 0.5) is 0 Å². The number of ether oxygens (including phenoxy) is 1. The summed E-state index contributed by atoms with van der Waals surface area (Å²) in [5.74, 6) is 0.900. The number of benzene rings is 1. The number of hydrogen-bond acceptors (Lipinski definition) is 5. The highest BCUT2D eigenvalue weighted by Crippen LogP contribution is 2.12. The zero-order valence-corrected chi connectivity index (χ0v) is 12.8. The molecule has 0 bridgehead atoms. The van der Waals surface area contributed by atoms with Crippen LogP contribution in [0.5, 0.6) is 5.75 Å². The molecule has 0 fully saturated rings. The van der Waals surface area contributed by atoms with Gasteiger partial charge in [-0.2, -0.15) is 0 Å². The number of aliphatic hydroxyl groups is 1. The molecule has 0 aromatic heterocycles. The smallest absolute Gasteiger partial charge is 0.147 e. The Hall–Kier alpha value is -1.11. The topological polar surface area (TPSA) is 75.6 Å². The fourth-order valence-corrected chi connectivity index (χ4v) is 2.35. The van der Waals surface area contributed by atoms with Gasteiger partial charge in [0.2, 0.25) is 0 Å². The first-order valence-electron chi connectivity index (χ1n) is 6.63. The third-order valence-corrected chi connectivity index (χ3v) is 3.71. The van der Waals surface area contributed by atoms with Crippen LogP contribution in [0.15, 0.2) is 24.3 Å². The molecule has 1 aromatic carbocycles. The van der Waals surface area contributed by atoms with Gasteiger partial charge in [-0.25, -0.2) is 8.42 Å². The average molecular weight is 301 g/mol. The Bertz CT molecular complexity index is 502. The summed E-state index contributed by atoms with van der Waals surface area (Å²) in [4.78, 5) is 0. The molecule has 0 aliphatic heterocycles. The summed E-state index contributed by atoms with van der Waals surface area (Å²) in [5.41, 5.74) is 1.11. The van der Waals surface area contributed by atoms with Gasteiger partial charge in [0.1, 0.15) is 28.3 Å². The number of rotatable bonds is 9. The molecule has 0 radical (unpaired) electrons. The summed E-state index contributed by atoms with van der Waals surface area (Å²) in [5, 5.41) is 12.7. The van der Waals surface area contributed by atoms with Crippen molar-refractivity contribution in [1.82, 2.24) is 5.32 Å². The summed E-state index contributed by atoms with van der Waals surface area (Å²) < 4.78 is 27.3. The Balaban J connectivity index is 2.13. The van der Waals surface area contributed by atoms with E-state index < -0.39 is 15.9 Å². The van der Waals surface area contributed by atoms with E-state index in [4.69, 9.17) is 4.74 Å². The van der Waals surface area contributed by atoms with Crippen molar-refractivity contribution in [2.45, 2.75) is 19.4 Å². The first-order valence-corrected chi connectivity index (χ1v) is 8.69. The lowest BCUT2D eigenvalue weighted by Crippen LogP contribution is -2.32. The molecule has 2 N–H and O–H groups in total. The van der Waals surface area contributed by atoms with Gasteiger partial charge in [-0.15, -0.1) is 0 Å². The molecule has 20 heavy (non-hydrogen) atoms. The van der Waals surface area contributed by atoms with E-state index in [1.165, 1.54) is 6.26 Å². The molecule has 0 saturated carbocycles. The lowest BCUT2D eigenvalue weighted by atomic mass is 10.2. The molecule has 114 valence electrons. The highest BCUT2D eigenvalue weighted by Gasteiger charge is 2.06. The third kappa shape index (κ3) is 8.14. The number of sulfone groups is 1. The van der Waals surface area contributed by atoms with Gasteiger partial charge in [-0.3, -0.25) is 0 Å². The van der Waals surface area contributed by atoms with Gasteiger partial charge in [0, 0.05) is 12.8 Å². The monoisotopic (exact) mass is 301 g/mol. The molecule has 1 unspecified atom stereocenters. The van der Waals surface area contributed by atoms with Crippen molar-refractivity contribution in [3.63, 3.8) is 0 Å². The van der Waals surface area contributed by atoms with Crippen molar-refractivity contribution >= 4 is 9.84 Å². The highest BCUT2D eigenvalue weighted by atomic mass is 32.2. The van der Waals surface area contributed by atoms with Crippen LogP contribution in [0, 0.1) is 6.92 Å². The molecule has 0 aliphatic carbocycles. The summed E-state index contributed by atoms with van der Waals surface area (Å²) in [7, 11) is -2.90. The average Bonchev–Trinajstić information content (AvgIpc) is 2.35. The lowest BCUT2D eigenvalue weighted by Gasteiger charge is -2.13. The van der Waals surface area contributed by atoms with Crippen molar-refractivity contribution in [3.05, 3.63) is 29.8 Å². The van der Waals surface area contributed by atoms with E-state index in [0.717, 1.165) is 11.3 Å². The Labute approximate surface area is 120 Å². The lowest BCUT2D eigenvalue weighted by molar-refractivity contribution is 0.106. The van der Waals surface area contributed by atoms with E-state index in [2.05, 4.69) is 5.32 Å². The molecule has 6 heteroatoms. The second-order valence-corrected chi connectivity index (χ2v) is 7.23. The van der Waals surface area contributed by atoms with Gasteiger partial charge in [0.05, 0.1) is 5.75 Å². The molecule has 0 aliphatic rings. The largest absolute Gasteiger partial charge is 0.491 e. The summed E-state index contributed by atoms with van der Waals surface area (Å²) in [6.45, 7) is 3.14. The van der Waals surface area contributed by atoms with Crippen LogP contribution in [-0.2, 0) is 9.84 Å². The van der Waals surface area contributed by atoms with Crippen molar-refractivity contribution in [2.75, 3.05) is 31.7 Å². The van der Waals surface area contributed by atoms with Crippen LogP contribution in [0.1, 0.15) is 12.0 Å². The summed E-state index contributed by atoms with van der Waals surface area (Å²) in [6.07, 6.45) is 1.15. The first-order chi connectivity index (χ1) is 9.37. The van der Waals surface area contributed by atoms with Crippen LogP contribution < -0.4 is 10.1 Å². The van der Waals surface area contributed by atoms with Gasteiger partial charge in [-0.1, -0.05) is 12.1 Å². The highest BCUT2D eigenvalue weighted by molar-refractivity contribution is 7.90. The predicted octanol–water partition coefficient (Wildman–Crippen LogP) is 0.759. The zero-order valence-electron chi connectivity index (χ0n) is 12.0. The Morgan fingerprint density at radius 1 is 1.40 bits per heavy atom. The second-order valence-electron chi connectivity index (χ2n) is 4.97. The van der Waals surface area contributed by atoms with Gasteiger partial charge < -0.3 is 15.2 Å². The third-order valence-electron chi connectivity index (χ3n) is 2.68. The van der Waals surface area contributed by atoms with E-state index in [0.29, 0.717) is 19.5 Å². The van der Waals surface area contributed by atoms with Crippen molar-refractivity contribution < 1.29 is 18.3 Å². The Morgan fingerprint density at radius 2 is 2.15 bits per heavy atom. The summed E-state index contributed by atoms with van der Waals surface area (Å²) >= 11 is 0. The zero-order chi connectivity index (χ0) is 15.0. The molecule has 0 spiro atoms. The van der Waals surface area contributed by atoms with Crippen molar-refractivity contribution in [1.29, 1.82) is 0 Å². The first kappa shape index (κ1) is 16.9. The standard InChI is InChI=1S/C14H23NO4S/c1-12-5-3-6-14(9-12)19-11-13(16)10-15-7-4-8-20(2,17)18/h3,5-6,9,13,15-16H,4,7-8,10-11H2,1-2H3. The predicted molar refractivity (Wildman–Crippen MR) is 79.9 cm³/mol. The second kappa shape index (κ2) is 8.24. The van der Waals surface area contributed by atoms with Crippen LogP contribution in [0.3, 0.4) is 0 Å². The maximum atomic E-state index is 10.9. The summed E-state index contributed by atoms with van der Waals surface area (Å²) in [6, 6.07) is 7.64. The fraction of sp³-hybridized carbons (Fsp3) is 0.571. The Kier molecular flexibility index (Phi) is 6.98. The van der Waals surface area contributed by atoms with E-state index in [-0.39, 0.29) is 12.4 Å². The maximum Gasteiger partial charge on any atom is 0.147 e. The van der Waals surface area contributed by atoms with E-state index >= 15 is 0 Å². The molecule has 0 heterocycles. The normalized spacial score (nSPS) is 13.2.